The average molecular weight is 349 g/mol. The highest BCUT2D eigenvalue weighted by Gasteiger charge is 2.25. The van der Waals surface area contributed by atoms with Gasteiger partial charge in [0.1, 0.15) is 0 Å². The maximum atomic E-state index is 11.8. The molecule has 1 aromatic carbocycles. The molecule has 2 aromatic rings. The Morgan fingerprint density at radius 1 is 1.35 bits per heavy atom. The van der Waals surface area contributed by atoms with Gasteiger partial charge in [-0.2, -0.15) is 0 Å². The van der Waals surface area contributed by atoms with E-state index in [1.54, 1.807) is 6.08 Å². The fraction of sp³-hybridized carbons (Fsp3) is 0.0714. The van der Waals surface area contributed by atoms with Crippen molar-refractivity contribution >= 4 is 45.2 Å². The van der Waals surface area contributed by atoms with Crippen molar-refractivity contribution in [1.29, 1.82) is 0 Å². The second kappa shape index (κ2) is 5.30. The average Bonchev–Trinajstić information content (AvgIpc) is 2.98. The zero-order valence-corrected chi connectivity index (χ0v) is 12.9. The quantitative estimate of drug-likeness (QED) is 0.615. The number of ether oxygens (including phenoxy) is 1. The van der Waals surface area contributed by atoms with E-state index in [1.807, 2.05) is 36.6 Å². The van der Waals surface area contributed by atoms with Gasteiger partial charge in [-0.05, 0) is 41.1 Å². The Labute approximate surface area is 128 Å². The number of halogens is 1. The van der Waals surface area contributed by atoms with E-state index in [4.69, 9.17) is 4.74 Å². The van der Waals surface area contributed by atoms with Gasteiger partial charge in [0.2, 0.25) is 5.90 Å². The molecule has 0 amide bonds. The van der Waals surface area contributed by atoms with Crippen molar-refractivity contribution < 1.29 is 9.53 Å². The predicted molar refractivity (Wildman–Crippen MR) is 81.6 cm³/mol. The van der Waals surface area contributed by atoms with Crippen LogP contribution in [0.15, 0.2) is 44.8 Å². The second-order valence-corrected chi connectivity index (χ2v) is 6.02. The lowest BCUT2D eigenvalue weighted by molar-refractivity contribution is -0.129. The van der Waals surface area contributed by atoms with E-state index < -0.39 is 5.97 Å². The summed E-state index contributed by atoms with van der Waals surface area (Å²) in [5.74, 6) is -0.151. The van der Waals surface area contributed by atoms with Crippen LogP contribution in [0.2, 0.25) is 0 Å². The molecule has 6 heteroatoms. The Hall–Kier alpha value is -1.79. The summed E-state index contributed by atoms with van der Waals surface area (Å²) in [4.78, 5) is 20.4. The van der Waals surface area contributed by atoms with E-state index in [1.165, 1.54) is 11.3 Å². The van der Waals surface area contributed by atoms with Crippen LogP contribution in [0.1, 0.15) is 16.3 Å². The molecular weight excluding hydrogens is 340 g/mol. The number of carbonyl (C=O) groups is 1. The Morgan fingerprint density at radius 2 is 2.15 bits per heavy atom. The lowest BCUT2D eigenvalue weighted by atomic mass is 10.2. The van der Waals surface area contributed by atoms with E-state index >= 15 is 0 Å². The van der Waals surface area contributed by atoms with Gasteiger partial charge in [0.05, 0.1) is 16.3 Å². The van der Waals surface area contributed by atoms with Gasteiger partial charge >= 0.3 is 5.97 Å². The zero-order chi connectivity index (χ0) is 14.1. The topological polar surface area (TPSA) is 51.6 Å². The molecule has 0 bridgehead atoms. The Kier molecular flexibility index (Phi) is 3.50. The number of hydrogen-bond donors (Lipinski definition) is 0. The second-order valence-electron chi connectivity index (χ2n) is 4.11. The van der Waals surface area contributed by atoms with Crippen molar-refractivity contribution in [3.63, 3.8) is 0 Å². The van der Waals surface area contributed by atoms with Crippen molar-refractivity contribution in [2.45, 2.75) is 6.92 Å². The SMILES string of the molecule is Cc1nc(/C=C2\N=C(c3ccccc3Br)OC2=O)cs1. The minimum Gasteiger partial charge on any atom is -0.402 e. The van der Waals surface area contributed by atoms with E-state index in [-0.39, 0.29) is 5.70 Å². The van der Waals surface area contributed by atoms with E-state index in [0.717, 1.165) is 20.7 Å². The Balaban J connectivity index is 1.97. The molecule has 0 saturated heterocycles. The third-order valence-electron chi connectivity index (χ3n) is 2.65. The molecule has 0 atom stereocenters. The van der Waals surface area contributed by atoms with Crippen LogP contribution in [0.5, 0.6) is 0 Å². The van der Waals surface area contributed by atoms with Gasteiger partial charge in [-0.3, -0.25) is 0 Å². The maximum Gasteiger partial charge on any atom is 0.363 e. The number of aliphatic imine (C=N–C) groups is 1. The summed E-state index contributed by atoms with van der Waals surface area (Å²) < 4.78 is 6.04. The predicted octanol–water partition coefficient (Wildman–Crippen LogP) is 3.56. The van der Waals surface area contributed by atoms with Gasteiger partial charge in [0.25, 0.3) is 0 Å². The summed E-state index contributed by atoms with van der Waals surface area (Å²) in [6.45, 7) is 1.91. The minimum atomic E-state index is -0.457. The smallest absolute Gasteiger partial charge is 0.363 e. The highest BCUT2D eigenvalue weighted by atomic mass is 79.9. The lowest BCUT2D eigenvalue weighted by Gasteiger charge is -2.01. The molecule has 1 aliphatic rings. The molecule has 0 saturated carbocycles. The summed E-state index contributed by atoms with van der Waals surface area (Å²) in [7, 11) is 0. The van der Waals surface area contributed by atoms with Crippen LogP contribution in [-0.2, 0) is 9.53 Å². The normalized spacial score (nSPS) is 16.4. The van der Waals surface area contributed by atoms with Crippen LogP contribution in [0.4, 0.5) is 0 Å². The number of hydrogen-bond acceptors (Lipinski definition) is 5. The molecule has 1 aromatic heterocycles. The number of rotatable bonds is 2. The molecule has 1 aliphatic heterocycles. The first-order chi connectivity index (χ1) is 9.63. The van der Waals surface area contributed by atoms with Gasteiger partial charge in [-0.1, -0.05) is 12.1 Å². The summed E-state index contributed by atoms with van der Waals surface area (Å²) in [5, 5.41) is 2.82. The molecule has 0 radical (unpaired) electrons. The lowest BCUT2D eigenvalue weighted by Crippen LogP contribution is -2.05. The van der Waals surface area contributed by atoms with Crippen molar-refractivity contribution in [2.24, 2.45) is 4.99 Å². The van der Waals surface area contributed by atoms with E-state index in [2.05, 4.69) is 25.9 Å². The first kappa shape index (κ1) is 13.2. The highest BCUT2D eigenvalue weighted by Crippen LogP contribution is 2.24. The van der Waals surface area contributed by atoms with Crippen LogP contribution < -0.4 is 0 Å². The number of esters is 1. The number of aromatic nitrogens is 1. The van der Waals surface area contributed by atoms with Gasteiger partial charge < -0.3 is 4.74 Å². The number of nitrogens with zero attached hydrogens (tertiary/aromatic N) is 2. The van der Waals surface area contributed by atoms with Gasteiger partial charge in [-0.25, -0.2) is 14.8 Å². The van der Waals surface area contributed by atoms with Crippen LogP contribution in [0.25, 0.3) is 6.08 Å². The van der Waals surface area contributed by atoms with Crippen LogP contribution in [0.3, 0.4) is 0 Å². The van der Waals surface area contributed by atoms with Gasteiger partial charge in [0.15, 0.2) is 5.70 Å². The molecule has 2 heterocycles. The molecule has 0 N–H and O–H groups in total. The zero-order valence-electron chi connectivity index (χ0n) is 10.5. The molecule has 4 nitrogen and oxygen atoms in total. The molecule has 0 fully saturated rings. The van der Waals surface area contributed by atoms with Crippen molar-refractivity contribution in [2.75, 3.05) is 0 Å². The summed E-state index contributed by atoms with van der Waals surface area (Å²) in [5.41, 5.74) is 1.73. The molecular formula is C14H9BrN2O2S. The third kappa shape index (κ3) is 2.57. The van der Waals surface area contributed by atoms with Crippen LogP contribution in [-0.4, -0.2) is 16.9 Å². The van der Waals surface area contributed by atoms with Crippen LogP contribution in [0, 0.1) is 6.92 Å². The van der Waals surface area contributed by atoms with Crippen molar-refractivity contribution in [3.8, 4) is 0 Å². The largest absolute Gasteiger partial charge is 0.402 e. The summed E-state index contributed by atoms with van der Waals surface area (Å²) in [6.07, 6.45) is 1.63. The molecule has 20 heavy (non-hydrogen) atoms. The van der Waals surface area contributed by atoms with Crippen molar-refractivity contribution in [3.05, 3.63) is 56.1 Å². The standard InChI is InChI=1S/C14H9BrN2O2S/c1-8-16-9(7-20-8)6-12-14(18)19-13(17-12)10-4-2-3-5-11(10)15/h2-7H,1H3/b12-6-. The fourth-order valence-corrected chi connectivity index (χ4v) is 2.77. The molecule has 0 unspecified atom stereocenters. The monoisotopic (exact) mass is 348 g/mol. The number of carbonyl (C=O) groups excluding carboxylic acids is 1. The Morgan fingerprint density at radius 3 is 2.85 bits per heavy atom. The van der Waals surface area contributed by atoms with Gasteiger partial charge in [-0.15, -0.1) is 11.3 Å². The Bertz CT molecular complexity index is 749. The van der Waals surface area contributed by atoms with E-state index in [9.17, 15) is 4.79 Å². The van der Waals surface area contributed by atoms with Crippen LogP contribution >= 0.6 is 27.3 Å². The maximum absolute atomic E-state index is 11.8. The molecule has 100 valence electrons. The molecule has 0 aliphatic carbocycles. The fourth-order valence-electron chi connectivity index (χ4n) is 1.75. The number of aryl methyl sites for hydroxylation is 1. The molecule has 0 spiro atoms. The first-order valence-corrected chi connectivity index (χ1v) is 7.50. The van der Waals surface area contributed by atoms with Crippen molar-refractivity contribution in [1.82, 2.24) is 4.98 Å². The summed E-state index contributed by atoms with van der Waals surface area (Å²) >= 11 is 4.94. The molecule has 3 rings (SSSR count). The minimum absolute atomic E-state index is 0.265. The number of cyclic esters (lactones) is 1. The van der Waals surface area contributed by atoms with E-state index in [0.29, 0.717) is 5.90 Å². The summed E-state index contributed by atoms with van der Waals surface area (Å²) in [6, 6.07) is 7.46. The number of benzene rings is 1. The van der Waals surface area contributed by atoms with Gasteiger partial charge in [0, 0.05) is 9.85 Å². The number of thiazole rings is 1. The first-order valence-electron chi connectivity index (χ1n) is 5.83. The third-order valence-corrected chi connectivity index (χ3v) is 4.13. The highest BCUT2D eigenvalue weighted by molar-refractivity contribution is 9.10.